The Morgan fingerprint density at radius 3 is 2.27 bits per heavy atom. The summed E-state index contributed by atoms with van der Waals surface area (Å²) in [5, 5.41) is 2.11. The van der Waals surface area contributed by atoms with E-state index in [1.807, 2.05) is 0 Å². The fraction of sp³-hybridized carbons (Fsp3) is 0.483. The van der Waals surface area contributed by atoms with E-state index >= 15 is 0 Å². The van der Waals surface area contributed by atoms with Crippen LogP contribution in [-0.2, 0) is 0 Å². The Balaban J connectivity index is 2.07. The van der Waals surface area contributed by atoms with Gasteiger partial charge < -0.3 is 4.74 Å². The predicted molar refractivity (Wildman–Crippen MR) is 145 cm³/mol. The summed E-state index contributed by atoms with van der Waals surface area (Å²) < 4.78 is 6.40. The zero-order valence-electron chi connectivity index (χ0n) is 20.9. The van der Waals surface area contributed by atoms with Crippen molar-refractivity contribution in [3.8, 4) is 26.6 Å². The first-order chi connectivity index (χ1) is 15.9. The van der Waals surface area contributed by atoms with E-state index in [0.717, 1.165) is 39.7 Å². The van der Waals surface area contributed by atoms with E-state index in [9.17, 15) is 4.79 Å². The van der Waals surface area contributed by atoms with Crippen LogP contribution < -0.4 is 4.74 Å². The smallest absolute Gasteiger partial charge is 0.160 e. The quantitative estimate of drug-likeness (QED) is 0.240. The Hall–Kier alpha value is -1.91. The lowest BCUT2D eigenvalue weighted by atomic mass is 9.85. The first-order valence-corrected chi connectivity index (χ1v) is 14.0. The van der Waals surface area contributed by atoms with Gasteiger partial charge in [0, 0.05) is 5.56 Å². The highest BCUT2D eigenvalue weighted by atomic mass is 32.1. The topological polar surface area (TPSA) is 26.3 Å². The molecular weight excluding hydrogens is 444 g/mol. The molecule has 0 saturated heterocycles. The molecule has 1 unspecified atom stereocenters. The standard InChI is InChI=1S/C29H38O2S2/c1-7-9-11-21(8-2)18-31-26-14-15-32-29(26)28-25(16-22(17-30)33-28)27-23(19(3)4)12-10-13-24(27)20(5)6/h10,12-17,19-21H,7-9,11,18H2,1-6H3. The summed E-state index contributed by atoms with van der Waals surface area (Å²) >= 11 is 3.29. The van der Waals surface area contributed by atoms with E-state index in [1.54, 1.807) is 22.7 Å². The molecule has 0 amide bonds. The maximum Gasteiger partial charge on any atom is 0.160 e. The van der Waals surface area contributed by atoms with Crippen LogP contribution in [0.2, 0.25) is 0 Å². The van der Waals surface area contributed by atoms with Crippen molar-refractivity contribution >= 4 is 29.0 Å². The molecule has 0 saturated carbocycles. The summed E-state index contributed by atoms with van der Waals surface area (Å²) in [5.74, 6) is 2.33. The van der Waals surface area contributed by atoms with Crippen LogP contribution >= 0.6 is 22.7 Å². The first-order valence-electron chi connectivity index (χ1n) is 12.3. The minimum atomic E-state index is 0.397. The van der Waals surface area contributed by atoms with E-state index in [0.29, 0.717) is 17.8 Å². The Morgan fingerprint density at radius 1 is 1.00 bits per heavy atom. The average molecular weight is 483 g/mol. The van der Waals surface area contributed by atoms with E-state index in [4.69, 9.17) is 4.74 Å². The fourth-order valence-electron chi connectivity index (χ4n) is 4.37. The van der Waals surface area contributed by atoms with Crippen LogP contribution in [0.15, 0.2) is 35.7 Å². The molecule has 0 spiro atoms. The highest BCUT2D eigenvalue weighted by molar-refractivity contribution is 7.23. The van der Waals surface area contributed by atoms with Crippen molar-refractivity contribution in [1.82, 2.24) is 0 Å². The van der Waals surface area contributed by atoms with Crippen molar-refractivity contribution in [3.05, 3.63) is 51.7 Å². The predicted octanol–water partition coefficient (Wildman–Crippen LogP) is 9.80. The fourth-order valence-corrected chi connectivity index (χ4v) is 6.35. The average Bonchev–Trinajstić information content (AvgIpc) is 3.45. The van der Waals surface area contributed by atoms with Gasteiger partial charge in [0.15, 0.2) is 6.29 Å². The largest absolute Gasteiger partial charge is 0.492 e. The molecule has 0 bridgehead atoms. The summed E-state index contributed by atoms with van der Waals surface area (Å²) in [6, 6.07) is 10.8. The monoisotopic (exact) mass is 482 g/mol. The highest BCUT2D eigenvalue weighted by Gasteiger charge is 2.23. The molecule has 0 aliphatic carbocycles. The molecule has 1 atom stereocenters. The molecule has 0 aliphatic rings. The number of ether oxygens (including phenoxy) is 1. The van der Waals surface area contributed by atoms with Gasteiger partial charge in [-0.05, 0) is 58.4 Å². The van der Waals surface area contributed by atoms with Crippen LogP contribution in [0.1, 0.15) is 99.9 Å². The first kappa shape index (κ1) is 25.7. The van der Waals surface area contributed by atoms with Gasteiger partial charge in [0.25, 0.3) is 0 Å². The lowest BCUT2D eigenvalue weighted by Crippen LogP contribution is -2.11. The van der Waals surface area contributed by atoms with E-state index < -0.39 is 0 Å². The molecule has 178 valence electrons. The third-order valence-corrected chi connectivity index (χ3v) is 8.48. The molecular formula is C29H38O2S2. The van der Waals surface area contributed by atoms with Gasteiger partial charge in [0.2, 0.25) is 0 Å². The molecule has 3 rings (SSSR count). The van der Waals surface area contributed by atoms with E-state index in [-0.39, 0.29) is 0 Å². The minimum absolute atomic E-state index is 0.397. The lowest BCUT2D eigenvalue weighted by Gasteiger charge is -2.20. The Morgan fingerprint density at radius 2 is 1.70 bits per heavy atom. The van der Waals surface area contributed by atoms with E-state index in [2.05, 4.69) is 77.3 Å². The van der Waals surface area contributed by atoms with Crippen molar-refractivity contribution in [1.29, 1.82) is 0 Å². The van der Waals surface area contributed by atoms with Gasteiger partial charge in [0.1, 0.15) is 5.75 Å². The number of carbonyl (C=O) groups is 1. The minimum Gasteiger partial charge on any atom is -0.492 e. The molecule has 2 aromatic heterocycles. The van der Waals surface area contributed by atoms with Crippen LogP contribution in [0.5, 0.6) is 5.75 Å². The highest BCUT2D eigenvalue weighted by Crippen LogP contribution is 2.49. The maximum absolute atomic E-state index is 11.8. The van der Waals surface area contributed by atoms with Crippen LogP contribution in [0.4, 0.5) is 0 Å². The zero-order valence-corrected chi connectivity index (χ0v) is 22.6. The number of benzene rings is 1. The summed E-state index contributed by atoms with van der Waals surface area (Å²) in [6.07, 6.45) is 5.81. The number of rotatable bonds is 12. The number of thiophene rings is 2. The van der Waals surface area contributed by atoms with Gasteiger partial charge in [-0.2, -0.15) is 0 Å². The molecule has 0 radical (unpaired) electrons. The van der Waals surface area contributed by atoms with Gasteiger partial charge in [-0.3, -0.25) is 4.79 Å². The summed E-state index contributed by atoms with van der Waals surface area (Å²) in [6.45, 7) is 14.2. The van der Waals surface area contributed by atoms with Crippen molar-refractivity contribution in [2.45, 2.75) is 79.1 Å². The molecule has 2 heterocycles. The van der Waals surface area contributed by atoms with Gasteiger partial charge in [0.05, 0.1) is 21.2 Å². The van der Waals surface area contributed by atoms with Crippen molar-refractivity contribution in [2.75, 3.05) is 6.61 Å². The third kappa shape index (κ3) is 5.96. The van der Waals surface area contributed by atoms with Gasteiger partial charge in [-0.1, -0.05) is 79.0 Å². The molecule has 1 aromatic carbocycles. The third-order valence-electron chi connectivity index (χ3n) is 6.36. The summed E-state index contributed by atoms with van der Waals surface area (Å²) in [5.41, 5.74) is 5.13. The molecule has 0 fully saturated rings. The van der Waals surface area contributed by atoms with Crippen LogP contribution in [0.3, 0.4) is 0 Å². The Labute approximate surface area is 208 Å². The zero-order chi connectivity index (χ0) is 24.0. The Kier molecular flexibility index (Phi) is 9.34. The number of hydrogen-bond donors (Lipinski definition) is 0. The number of hydrogen-bond acceptors (Lipinski definition) is 4. The van der Waals surface area contributed by atoms with Gasteiger partial charge in [-0.25, -0.2) is 0 Å². The van der Waals surface area contributed by atoms with Crippen molar-refractivity contribution in [2.24, 2.45) is 5.92 Å². The van der Waals surface area contributed by atoms with Crippen LogP contribution in [-0.4, -0.2) is 12.9 Å². The molecule has 4 heteroatoms. The number of aldehydes is 1. The second-order valence-corrected chi connectivity index (χ2v) is 11.5. The molecule has 33 heavy (non-hydrogen) atoms. The molecule has 0 aliphatic heterocycles. The second kappa shape index (κ2) is 12.0. The molecule has 2 nitrogen and oxygen atoms in total. The summed E-state index contributed by atoms with van der Waals surface area (Å²) in [4.78, 5) is 14.9. The van der Waals surface area contributed by atoms with Crippen molar-refractivity contribution in [3.63, 3.8) is 0 Å². The maximum atomic E-state index is 11.8. The second-order valence-electron chi connectivity index (χ2n) is 9.47. The molecule has 0 N–H and O–H groups in total. The van der Waals surface area contributed by atoms with Crippen LogP contribution in [0.25, 0.3) is 20.9 Å². The van der Waals surface area contributed by atoms with Crippen molar-refractivity contribution < 1.29 is 9.53 Å². The number of carbonyl (C=O) groups excluding carboxylic acids is 1. The van der Waals surface area contributed by atoms with E-state index in [1.165, 1.54) is 41.5 Å². The van der Waals surface area contributed by atoms with Gasteiger partial charge in [-0.15, -0.1) is 22.7 Å². The van der Waals surface area contributed by atoms with Gasteiger partial charge >= 0.3 is 0 Å². The number of unbranched alkanes of at least 4 members (excludes halogenated alkanes) is 1. The normalized spacial score (nSPS) is 12.5. The SMILES string of the molecule is CCCCC(CC)COc1ccsc1-c1sc(C=O)cc1-c1c(C(C)C)cccc1C(C)C. The lowest BCUT2D eigenvalue weighted by molar-refractivity contribution is 0.112. The molecule has 3 aromatic rings. The summed E-state index contributed by atoms with van der Waals surface area (Å²) in [7, 11) is 0. The van der Waals surface area contributed by atoms with Crippen LogP contribution in [0, 0.1) is 5.92 Å². The Bertz CT molecular complexity index is 1020.